The molecule has 2 aliphatic heterocycles. The topological polar surface area (TPSA) is 138 Å². The van der Waals surface area contributed by atoms with Crippen LogP contribution in [0, 0.1) is 23.7 Å². The van der Waals surface area contributed by atoms with Crippen molar-refractivity contribution in [1.29, 1.82) is 0 Å². The van der Waals surface area contributed by atoms with Crippen LogP contribution in [0.25, 0.3) is 0 Å². The first kappa shape index (κ1) is 37.5. The SMILES string of the molecule is C[C@H]1CN(C)C(=O)CCNC(=O)[C@H](C)[C@@H](OC(=O)C2CCC(F)(F)CC2)[C@H](C)[C@@H](O[C@@H]2O[C@H](C)C[C@H](N(C)C)[C@H]2O)[C@](C)(O)C1. The summed E-state index contributed by atoms with van der Waals surface area (Å²) in [5, 5.41) is 26.2. The summed E-state index contributed by atoms with van der Waals surface area (Å²) in [7, 11) is 5.37. The quantitative estimate of drug-likeness (QED) is 0.385. The lowest BCUT2D eigenvalue weighted by molar-refractivity contribution is -0.299. The van der Waals surface area contributed by atoms with Crippen LogP contribution in [0.5, 0.6) is 0 Å². The number of nitrogens with zero attached hydrogens (tertiary/aromatic N) is 2. The van der Waals surface area contributed by atoms with Gasteiger partial charge in [0.15, 0.2) is 6.29 Å². The van der Waals surface area contributed by atoms with Crippen molar-refractivity contribution in [2.45, 2.75) is 128 Å². The maximum absolute atomic E-state index is 13.9. The van der Waals surface area contributed by atoms with E-state index in [1.54, 1.807) is 32.7 Å². The van der Waals surface area contributed by atoms with Gasteiger partial charge in [0.25, 0.3) is 0 Å². The molecule has 45 heavy (non-hydrogen) atoms. The van der Waals surface area contributed by atoms with E-state index < -0.39 is 78.6 Å². The van der Waals surface area contributed by atoms with Gasteiger partial charge < -0.3 is 39.5 Å². The van der Waals surface area contributed by atoms with Crippen molar-refractivity contribution in [2.24, 2.45) is 23.7 Å². The van der Waals surface area contributed by atoms with E-state index in [1.807, 2.05) is 32.8 Å². The van der Waals surface area contributed by atoms with Gasteiger partial charge in [-0.05, 0) is 59.5 Å². The van der Waals surface area contributed by atoms with Crippen molar-refractivity contribution >= 4 is 17.8 Å². The number of esters is 1. The van der Waals surface area contributed by atoms with Crippen molar-refractivity contribution in [1.82, 2.24) is 15.1 Å². The number of nitrogens with one attached hydrogen (secondary N) is 1. The van der Waals surface area contributed by atoms with Crippen LogP contribution in [-0.4, -0.2) is 120 Å². The molecule has 2 saturated heterocycles. The van der Waals surface area contributed by atoms with Crippen LogP contribution in [0.3, 0.4) is 0 Å². The Hall–Kier alpha value is -1.93. The molecule has 1 saturated carbocycles. The molecule has 0 bridgehead atoms. The molecule has 2 heterocycles. The molecule has 0 spiro atoms. The Balaban J connectivity index is 2.01. The van der Waals surface area contributed by atoms with E-state index in [1.165, 1.54) is 0 Å². The van der Waals surface area contributed by atoms with Gasteiger partial charge in [0.05, 0.1) is 29.6 Å². The van der Waals surface area contributed by atoms with Crippen molar-refractivity contribution in [3.8, 4) is 0 Å². The van der Waals surface area contributed by atoms with Gasteiger partial charge in [-0.25, -0.2) is 8.78 Å². The molecule has 3 N–H and O–H groups in total. The predicted molar refractivity (Wildman–Crippen MR) is 162 cm³/mol. The van der Waals surface area contributed by atoms with Gasteiger partial charge in [-0.15, -0.1) is 0 Å². The Kier molecular flexibility index (Phi) is 12.8. The number of ether oxygens (including phenoxy) is 3. The highest BCUT2D eigenvalue weighted by Crippen LogP contribution is 2.39. The Morgan fingerprint density at radius 3 is 2.36 bits per heavy atom. The van der Waals surface area contributed by atoms with Crippen molar-refractivity contribution in [3.63, 3.8) is 0 Å². The number of rotatable bonds is 5. The molecule has 2 amide bonds. The Bertz CT molecular complexity index is 1020. The molecule has 11 nitrogen and oxygen atoms in total. The first-order valence-corrected chi connectivity index (χ1v) is 16.3. The molecule has 0 radical (unpaired) electrons. The van der Waals surface area contributed by atoms with E-state index in [-0.39, 0.29) is 56.2 Å². The fourth-order valence-corrected chi connectivity index (χ4v) is 7.23. The monoisotopic (exact) mass is 647 g/mol. The van der Waals surface area contributed by atoms with Crippen LogP contribution in [0.2, 0.25) is 0 Å². The van der Waals surface area contributed by atoms with Crippen LogP contribution < -0.4 is 5.32 Å². The average Bonchev–Trinajstić information content (AvgIpc) is 2.93. The van der Waals surface area contributed by atoms with Gasteiger partial charge in [0.1, 0.15) is 12.2 Å². The molecule has 260 valence electrons. The largest absolute Gasteiger partial charge is 0.461 e. The van der Waals surface area contributed by atoms with E-state index in [0.717, 1.165) is 0 Å². The number of amides is 2. The normalized spacial score (nSPS) is 39.7. The Labute approximate surface area is 266 Å². The molecule has 1 aliphatic carbocycles. The number of carbonyl (C=O) groups excluding carboxylic acids is 3. The summed E-state index contributed by atoms with van der Waals surface area (Å²) in [5.74, 6) is -6.84. The second-order valence-electron chi connectivity index (χ2n) is 14.3. The van der Waals surface area contributed by atoms with Gasteiger partial charge in [0.2, 0.25) is 17.7 Å². The van der Waals surface area contributed by atoms with Crippen molar-refractivity contribution in [3.05, 3.63) is 0 Å². The molecule has 0 aromatic heterocycles. The molecular weight excluding hydrogens is 592 g/mol. The summed E-state index contributed by atoms with van der Waals surface area (Å²) in [6.45, 7) is 9.08. The molecule has 13 heteroatoms. The fourth-order valence-electron chi connectivity index (χ4n) is 7.23. The van der Waals surface area contributed by atoms with E-state index >= 15 is 0 Å². The maximum Gasteiger partial charge on any atom is 0.309 e. The molecule has 3 rings (SSSR count). The van der Waals surface area contributed by atoms with Gasteiger partial charge in [-0.2, -0.15) is 0 Å². The van der Waals surface area contributed by atoms with Crippen LogP contribution in [0.4, 0.5) is 8.78 Å². The summed E-state index contributed by atoms with van der Waals surface area (Å²) in [6.07, 6.45) is -4.84. The lowest BCUT2D eigenvalue weighted by Gasteiger charge is -2.47. The number of halogens is 2. The first-order valence-electron chi connectivity index (χ1n) is 16.3. The van der Waals surface area contributed by atoms with Gasteiger partial charge in [-0.1, -0.05) is 20.8 Å². The minimum absolute atomic E-state index is 0.0375. The Morgan fingerprint density at radius 1 is 1.13 bits per heavy atom. The van der Waals surface area contributed by atoms with Crippen LogP contribution >= 0.6 is 0 Å². The molecule has 3 aliphatic rings. The second-order valence-corrected chi connectivity index (χ2v) is 14.3. The zero-order valence-corrected chi connectivity index (χ0v) is 28.1. The first-order chi connectivity index (χ1) is 20.8. The number of aliphatic hydroxyl groups excluding tert-OH is 1. The third-order valence-electron chi connectivity index (χ3n) is 9.79. The van der Waals surface area contributed by atoms with Crippen LogP contribution in [0.15, 0.2) is 0 Å². The minimum atomic E-state index is -2.83. The average molecular weight is 648 g/mol. The number of aliphatic hydroxyl groups is 2. The number of carbonyl (C=O) groups is 3. The summed E-state index contributed by atoms with van der Waals surface area (Å²) in [5.41, 5.74) is -1.60. The maximum atomic E-state index is 13.9. The second kappa shape index (κ2) is 15.3. The molecule has 0 unspecified atom stereocenters. The smallest absolute Gasteiger partial charge is 0.309 e. The molecular formula is C32H55F2N3O8. The standard InChI is InChI=1S/C32H55F2N3O8/c1-18-16-31(5,42)27(45-30-25(39)23(36(6)7)15-19(2)43-30)20(3)26(44-29(41)22-9-12-32(33,34)13-10-22)21(4)28(40)35-14-11-24(38)37(8)17-18/h18-23,25-27,30,39,42H,9-17H2,1-8H3,(H,35,40)/t18-,19-,20+,21-,23+,25-,26+,27-,30+,31-/m1/s1. The number of hydrogen-bond acceptors (Lipinski definition) is 9. The highest BCUT2D eigenvalue weighted by atomic mass is 19.3. The summed E-state index contributed by atoms with van der Waals surface area (Å²) in [6, 6.07) is -0.293. The lowest BCUT2D eigenvalue weighted by Crippen LogP contribution is -2.59. The highest BCUT2D eigenvalue weighted by molar-refractivity contribution is 5.81. The molecule has 3 fully saturated rings. The van der Waals surface area contributed by atoms with E-state index in [9.17, 15) is 33.4 Å². The third-order valence-corrected chi connectivity index (χ3v) is 9.79. The van der Waals surface area contributed by atoms with Crippen LogP contribution in [-0.2, 0) is 28.6 Å². The summed E-state index contributed by atoms with van der Waals surface area (Å²) in [4.78, 5) is 43.0. The molecule has 0 aromatic carbocycles. The van der Waals surface area contributed by atoms with Crippen LogP contribution in [0.1, 0.15) is 79.6 Å². The van der Waals surface area contributed by atoms with Crippen molar-refractivity contribution in [2.75, 3.05) is 34.2 Å². The summed E-state index contributed by atoms with van der Waals surface area (Å²) < 4.78 is 46.3. The zero-order valence-electron chi connectivity index (χ0n) is 28.1. The van der Waals surface area contributed by atoms with Gasteiger partial charge >= 0.3 is 5.97 Å². The molecule has 0 aromatic rings. The number of likely N-dealkylation sites (N-methyl/N-ethyl adjacent to an activating group) is 1. The van der Waals surface area contributed by atoms with E-state index in [2.05, 4.69) is 5.32 Å². The number of hydrogen-bond donors (Lipinski definition) is 3. The third kappa shape index (κ3) is 9.79. The van der Waals surface area contributed by atoms with Gasteiger partial charge in [0, 0.05) is 51.4 Å². The highest BCUT2D eigenvalue weighted by Gasteiger charge is 2.49. The minimum Gasteiger partial charge on any atom is -0.461 e. The summed E-state index contributed by atoms with van der Waals surface area (Å²) >= 11 is 0. The van der Waals surface area contributed by atoms with Crippen molar-refractivity contribution < 1.29 is 47.6 Å². The fraction of sp³-hybridized carbons (Fsp3) is 0.906. The zero-order chi connectivity index (χ0) is 33.9. The van der Waals surface area contributed by atoms with E-state index in [4.69, 9.17) is 14.2 Å². The molecule has 10 atom stereocenters. The predicted octanol–water partition coefficient (Wildman–Crippen LogP) is 2.56. The van der Waals surface area contributed by atoms with E-state index in [0.29, 0.717) is 13.0 Å². The lowest BCUT2D eigenvalue weighted by atomic mass is 9.77. The Morgan fingerprint density at radius 2 is 1.76 bits per heavy atom. The van der Waals surface area contributed by atoms with Gasteiger partial charge in [-0.3, -0.25) is 14.4 Å². The number of alkyl halides is 2.